The lowest BCUT2D eigenvalue weighted by atomic mass is 9.88. The van der Waals surface area contributed by atoms with Crippen LogP contribution in [0.5, 0.6) is 0 Å². The monoisotopic (exact) mass is 260 g/mol. The molecule has 96 valence electrons. The maximum Gasteiger partial charge on any atom is 0.401 e. The number of anilines is 1. The van der Waals surface area contributed by atoms with Crippen LogP contribution in [0.2, 0.25) is 0 Å². The molecule has 0 amide bonds. The summed E-state index contributed by atoms with van der Waals surface area (Å²) in [7, 11) is 0. The zero-order chi connectivity index (χ0) is 13.1. The third-order valence-electron chi connectivity index (χ3n) is 3.23. The molecule has 0 bridgehead atoms. The summed E-state index contributed by atoms with van der Waals surface area (Å²) < 4.78 is 53.5. The van der Waals surface area contributed by atoms with E-state index in [0.29, 0.717) is 0 Å². The number of halogens is 4. The molecular weight excluding hydrogens is 252 g/mol. The number of nitrogens with one attached hydrogen (secondary N) is 1. The Labute approximate surface area is 98.6 Å². The Morgan fingerprint density at radius 3 is 2.83 bits per heavy atom. The average Bonchev–Trinajstić information content (AvgIpc) is 2.78. The van der Waals surface area contributed by atoms with E-state index >= 15 is 0 Å². The van der Waals surface area contributed by atoms with Crippen LogP contribution in [0.15, 0.2) is 12.3 Å². The zero-order valence-corrected chi connectivity index (χ0v) is 9.22. The van der Waals surface area contributed by atoms with Crippen molar-refractivity contribution in [3.05, 3.63) is 23.9 Å². The van der Waals surface area contributed by atoms with E-state index in [9.17, 15) is 17.6 Å². The molecule has 3 rings (SSSR count). The number of hydrogen-bond donors (Lipinski definition) is 1. The van der Waals surface area contributed by atoms with Crippen LogP contribution in [0.4, 0.5) is 23.2 Å². The quantitative estimate of drug-likeness (QED) is 0.738. The van der Waals surface area contributed by atoms with Crippen molar-refractivity contribution in [1.29, 1.82) is 0 Å². The molecule has 0 aliphatic carbocycles. The predicted octanol–water partition coefficient (Wildman–Crippen LogP) is 2.11. The second-order valence-corrected chi connectivity index (χ2v) is 4.44. The molecule has 1 N–H and O–H groups in total. The molecule has 0 saturated heterocycles. The third-order valence-corrected chi connectivity index (χ3v) is 3.23. The van der Waals surface area contributed by atoms with Gasteiger partial charge in [0.25, 0.3) is 0 Å². The van der Waals surface area contributed by atoms with Gasteiger partial charge < -0.3 is 5.32 Å². The number of alkyl halides is 3. The molecule has 3 heterocycles. The molecule has 0 spiro atoms. The highest BCUT2D eigenvalue weighted by Gasteiger charge is 2.57. The summed E-state index contributed by atoms with van der Waals surface area (Å²) in [6.07, 6.45) is -3.19. The second-order valence-electron chi connectivity index (χ2n) is 4.44. The Balaban J connectivity index is 2.35. The molecule has 0 fully saturated rings. The minimum absolute atomic E-state index is 0.0606. The van der Waals surface area contributed by atoms with Crippen LogP contribution in [0, 0.1) is 5.95 Å². The first kappa shape index (κ1) is 11.2. The minimum Gasteiger partial charge on any atom is -0.381 e. The molecule has 18 heavy (non-hydrogen) atoms. The summed E-state index contributed by atoms with van der Waals surface area (Å²) in [5, 5.41) is 6.07. The molecule has 0 saturated carbocycles. The van der Waals surface area contributed by atoms with E-state index in [1.54, 1.807) is 0 Å². The lowest BCUT2D eigenvalue weighted by molar-refractivity contribution is -0.181. The first-order valence-electron chi connectivity index (χ1n) is 5.18. The van der Waals surface area contributed by atoms with E-state index in [4.69, 9.17) is 0 Å². The van der Waals surface area contributed by atoms with E-state index < -0.39 is 17.5 Å². The summed E-state index contributed by atoms with van der Waals surface area (Å²) in [5.74, 6) is -0.854. The number of aromatic nitrogens is 3. The van der Waals surface area contributed by atoms with Crippen LogP contribution in [0.3, 0.4) is 0 Å². The second kappa shape index (κ2) is 3.12. The number of hydrogen-bond acceptors (Lipinski definition) is 3. The highest BCUT2D eigenvalue weighted by molar-refractivity contribution is 5.60. The van der Waals surface area contributed by atoms with Crippen LogP contribution in [-0.2, 0) is 5.41 Å². The molecule has 0 unspecified atom stereocenters. The smallest absolute Gasteiger partial charge is 0.381 e. The van der Waals surface area contributed by atoms with Gasteiger partial charge in [-0.05, 0) is 6.92 Å². The summed E-state index contributed by atoms with van der Waals surface area (Å²) in [6.45, 7) is 0.749. The Bertz CT molecular complexity index is 633. The van der Waals surface area contributed by atoms with Gasteiger partial charge >= 0.3 is 6.18 Å². The van der Waals surface area contributed by atoms with Crippen molar-refractivity contribution >= 4 is 11.3 Å². The van der Waals surface area contributed by atoms with Gasteiger partial charge in [-0.2, -0.15) is 17.6 Å². The highest BCUT2D eigenvalue weighted by Crippen LogP contribution is 2.47. The van der Waals surface area contributed by atoms with E-state index in [1.807, 2.05) is 0 Å². The molecule has 2 aromatic heterocycles. The fourth-order valence-electron chi connectivity index (χ4n) is 2.16. The van der Waals surface area contributed by atoms with Gasteiger partial charge in [0.05, 0.1) is 17.6 Å². The van der Waals surface area contributed by atoms with Crippen molar-refractivity contribution < 1.29 is 17.6 Å². The first-order chi connectivity index (χ1) is 8.33. The van der Waals surface area contributed by atoms with Gasteiger partial charge in [-0.15, -0.1) is 5.10 Å². The average molecular weight is 260 g/mol. The van der Waals surface area contributed by atoms with Crippen LogP contribution in [0.1, 0.15) is 12.6 Å². The lowest BCUT2D eigenvalue weighted by Gasteiger charge is -2.27. The molecule has 0 radical (unpaired) electrons. The predicted molar refractivity (Wildman–Crippen MR) is 54.8 cm³/mol. The van der Waals surface area contributed by atoms with E-state index in [-0.39, 0.29) is 23.6 Å². The Kier molecular flexibility index (Phi) is 1.95. The van der Waals surface area contributed by atoms with Crippen molar-refractivity contribution in [2.75, 3.05) is 11.9 Å². The van der Waals surface area contributed by atoms with Crippen molar-refractivity contribution in [2.45, 2.75) is 18.5 Å². The summed E-state index contributed by atoms with van der Waals surface area (Å²) >= 11 is 0. The van der Waals surface area contributed by atoms with E-state index in [0.717, 1.165) is 17.5 Å². The van der Waals surface area contributed by atoms with Gasteiger partial charge in [-0.3, -0.25) is 0 Å². The highest BCUT2D eigenvalue weighted by atomic mass is 19.4. The van der Waals surface area contributed by atoms with Gasteiger partial charge in [0.2, 0.25) is 5.95 Å². The summed E-state index contributed by atoms with van der Waals surface area (Å²) in [5.41, 5.74) is -1.93. The normalized spacial score (nSPS) is 23.2. The Morgan fingerprint density at radius 2 is 2.17 bits per heavy atom. The van der Waals surface area contributed by atoms with Crippen LogP contribution < -0.4 is 5.32 Å². The molecule has 1 aliphatic heterocycles. The van der Waals surface area contributed by atoms with Crippen molar-refractivity contribution in [1.82, 2.24) is 14.6 Å². The minimum atomic E-state index is -4.46. The van der Waals surface area contributed by atoms with E-state index in [1.165, 1.54) is 6.20 Å². The number of fused-ring (bicyclic) bond motifs is 3. The third kappa shape index (κ3) is 1.25. The van der Waals surface area contributed by atoms with Gasteiger partial charge in [0.15, 0.2) is 5.65 Å². The molecule has 8 heteroatoms. The largest absolute Gasteiger partial charge is 0.401 e. The molecule has 4 nitrogen and oxygen atoms in total. The van der Waals surface area contributed by atoms with Crippen molar-refractivity contribution in [3.8, 4) is 0 Å². The topological polar surface area (TPSA) is 42.2 Å². The molecule has 0 aromatic carbocycles. The van der Waals surface area contributed by atoms with Crippen LogP contribution in [-0.4, -0.2) is 27.3 Å². The molecule has 1 aliphatic rings. The standard InChI is InChI=1S/C10H8F4N4/c1-9(10(12,13)14)4-16-5-3-15-7-2-6(11)17-18(7)8(5)9/h2-3,16H,4H2,1H3/t9-/m1/s1. The molecule has 1 atom stereocenters. The zero-order valence-electron chi connectivity index (χ0n) is 9.22. The Morgan fingerprint density at radius 1 is 1.44 bits per heavy atom. The summed E-state index contributed by atoms with van der Waals surface area (Å²) in [4.78, 5) is 3.85. The maximum absolute atomic E-state index is 13.2. The van der Waals surface area contributed by atoms with Gasteiger partial charge in [0, 0.05) is 12.6 Å². The fourth-order valence-corrected chi connectivity index (χ4v) is 2.16. The van der Waals surface area contributed by atoms with E-state index in [2.05, 4.69) is 15.4 Å². The lowest BCUT2D eigenvalue weighted by Crippen LogP contribution is -2.42. The van der Waals surface area contributed by atoms with Crippen LogP contribution >= 0.6 is 0 Å². The SMILES string of the molecule is C[C@@]1(C(F)(F)F)CNc2cnc3cc(F)nn3c21. The fraction of sp³-hybridized carbons (Fsp3) is 0.400. The molecular formula is C10H8F4N4. The Hall–Kier alpha value is -1.86. The van der Waals surface area contributed by atoms with Crippen LogP contribution in [0.25, 0.3) is 5.65 Å². The van der Waals surface area contributed by atoms with Gasteiger partial charge in [-0.1, -0.05) is 0 Å². The van der Waals surface area contributed by atoms with Crippen molar-refractivity contribution in [3.63, 3.8) is 0 Å². The van der Waals surface area contributed by atoms with Crippen molar-refractivity contribution in [2.24, 2.45) is 0 Å². The number of nitrogens with zero attached hydrogens (tertiary/aromatic N) is 3. The molecule has 2 aromatic rings. The summed E-state index contributed by atoms with van der Waals surface area (Å²) in [6, 6.07) is 0.995. The van der Waals surface area contributed by atoms with Gasteiger partial charge in [0.1, 0.15) is 5.41 Å². The van der Waals surface area contributed by atoms with Gasteiger partial charge in [-0.25, -0.2) is 9.50 Å². The first-order valence-corrected chi connectivity index (χ1v) is 5.18. The maximum atomic E-state index is 13.2. The number of rotatable bonds is 0.